The van der Waals surface area contributed by atoms with Gasteiger partial charge in [0.05, 0.1) is 11.1 Å². The summed E-state index contributed by atoms with van der Waals surface area (Å²) >= 11 is 0. The Labute approximate surface area is 88.1 Å². The van der Waals surface area contributed by atoms with Crippen LogP contribution in [0, 0.1) is 17.7 Å². The van der Waals surface area contributed by atoms with Crippen LogP contribution in [0.4, 0.5) is 17.6 Å². The van der Waals surface area contributed by atoms with E-state index >= 15 is 0 Å². The SMILES string of the molecule is NC(=O)C#Cc1cc(C(F)(F)F)ccc1F. The number of hydrogen-bond acceptors (Lipinski definition) is 1. The van der Waals surface area contributed by atoms with Gasteiger partial charge >= 0.3 is 6.18 Å². The standard InChI is InChI=1S/C10H5F4NO/c11-8-3-2-7(10(12,13)14)5-6(8)1-4-9(15)16/h2-3,5H,(H2,15,16). The summed E-state index contributed by atoms with van der Waals surface area (Å²) < 4.78 is 49.7. The Morgan fingerprint density at radius 1 is 1.31 bits per heavy atom. The number of carbonyl (C=O) groups is 1. The highest BCUT2D eigenvalue weighted by Crippen LogP contribution is 2.30. The van der Waals surface area contributed by atoms with Gasteiger partial charge in [-0.25, -0.2) is 4.39 Å². The highest BCUT2D eigenvalue weighted by molar-refractivity contribution is 5.92. The van der Waals surface area contributed by atoms with E-state index in [1.54, 1.807) is 5.92 Å². The van der Waals surface area contributed by atoms with Gasteiger partial charge in [-0.15, -0.1) is 0 Å². The van der Waals surface area contributed by atoms with Gasteiger partial charge in [-0.1, -0.05) is 5.92 Å². The van der Waals surface area contributed by atoms with Crippen molar-refractivity contribution in [3.05, 3.63) is 35.1 Å². The lowest BCUT2D eigenvalue weighted by Gasteiger charge is -2.06. The topological polar surface area (TPSA) is 43.1 Å². The van der Waals surface area contributed by atoms with E-state index in [1.807, 2.05) is 5.92 Å². The van der Waals surface area contributed by atoms with Crippen molar-refractivity contribution in [3.8, 4) is 11.8 Å². The van der Waals surface area contributed by atoms with Gasteiger partial charge in [0.1, 0.15) is 5.82 Å². The van der Waals surface area contributed by atoms with Crippen molar-refractivity contribution in [2.45, 2.75) is 6.18 Å². The van der Waals surface area contributed by atoms with Crippen LogP contribution < -0.4 is 5.73 Å². The van der Waals surface area contributed by atoms with E-state index in [9.17, 15) is 22.4 Å². The molecular formula is C10H5F4NO. The molecule has 0 radical (unpaired) electrons. The Hall–Kier alpha value is -2.03. The molecule has 1 aromatic carbocycles. The van der Waals surface area contributed by atoms with E-state index in [1.165, 1.54) is 0 Å². The molecule has 0 spiro atoms. The molecule has 0 bridgehead atoms. The predicted molar refractivity (Wildman–Crippen MR) is 47.5 cm³/mol. The van der Waals surface area contributed by atoms with E-state index in [-0.39, 0.29) is 0 Å². The molecule has 6 heteroatoms. The number of alkyl halides is 3. The van der Waals surface area contributed by atoms with Crippen LogP contribution in [0.25, 0.3) is 0 Å². The van der Waals surface area contributed by atoms with E-state index in [0.29, 0.717) is 18.2 Å². The molecule has 1 rings (SSSR count). The number of hydrogen-bond donors (Lipinski definition) is 1. The van der Waals surface area contributed by atoms with Crippen molar-refractivity contribution >= 4 is 5.91 Å². The first-order valence-electron chi connectivity index (χ1n) is 3.99. The molecule has 0 heterocycles. The lowest BCUT2D eigenvalue weighted by Crippen LogP contribution is -2.07. The van der Waals surface area contributed by atoms with Crippen molar-refractivity contribution in [2.24, 2.45) is 5.73 Å². The first-order valence-corrected chi connectivity index (χ1v) is 3.99. The fourth-order valence-corrected chi connectivity index (χ4v) is 0.926. The van der Waals surface area contributed by atoms with Crippen LogP contribution >= 0.6 is 0 Å². The van der Waals surface area contributed by atoms with Crippen molar-refractivity contribution < 1.29 is 22.4 Å². The fraction of sp³-hybridized carbons (Fsp3) is 0.100. The molecule has 0 aliphatic rings. The summed E-state index contributed by atoms with van der Waals surface area (Å²) in [4.78, 5) is 10.3. The van der Waals surface area contributed by atoms with Crippen molar-refractivity contribution in [1.29, 1.82) is 0 Å². The zero-order valence-corrected chi connectivity index (χ0v) is 7.73. The second-order valence-corrected chi connectivity index (χ2v) is 2.81. The van der Waals surface area contributed by atoms with Gasteiger partial charge in [0.25, 0.3) is 5.91 Å². The Bertz CT molecular complexity index is 482. The average Bonchev–Trinajstić information content (AvgIpc) is 2.14. The van der Waals surface area contributed by atoms with E-state index in [0.717, 1.165) is 0 Å². The van der Waals surface area contributed by atoms with Gasteiger partial charge in [0, 0.05) is 5.92 Å². The van der Waals surface area contributed by atoms with Gasteiger partial charge in [-0.05, 0) is 18.2 Å². The maximum absolute atomic E-state index is 13.0. The second-order valence-electron chi connectivity index (χ2n) is 2.81. The average molecular weight is 231 g/mol. The highest BCUT2D eigenvalue weighted by Gasteiger charge is 2.30. The normalized spacial score (nSPS) is 10.5. The van der Waals surface area contributed by atoms with Gasteiger partial charge in [0.15, 0.2) is 0 Å². The van der Waals surface area contributed by atoms with Gasteiger partial charge in [-0.3, -0.25) is 4.79 Å². The molecule has 2 nitrogen and oxygen atoms in total. The molecule has 16 heavy (non-hydrogen) atoms. The first-order chi connectivity index (χ1) is 7.30. The molecule has 0 saturated heterocycles. The molecule has 0 fully saturated rings. The molecule has 0 atom stereocenters. The molecule has 1 aromatic rings. The minimum Gasteiger partial charge on any atom is -0.359 e. The number of rotatable bonds is 0. The van der Waals surface area contributed by atoms with Gasteiger partial charge in [0.2, 0.25) is 0 Å². The zero-order chi connectivity index (χ0) is 12.3. The van der Waals surface area contributed by atoms with Crippen LogP contribution in [0.2, 0.25) is 0 Å². The molecule has 0 aliphatic carbocycles. The number of benzene rings is 1. The summed E-state index contributed by atoms with van der Waals surface area (Å²) in [5.74, 6) is 1.70. The number of primary amides is 1. The quantitative estimate of drug-likeness (QED) is 0.535. The largest absolute Gasteiger partial charge is 0.416 e. The maximum atomic E-state index is 13.0. The van der Waals surface area contributed by atoms with Gasteiger partial charge in [-0.2, -0.15) is 13.2 Å². The Morgan fingerprint density at radius 3 is 2.44 bits per heavy atom. The molecule has 0 aliphatic heterocycles. The van der Waals surface area contributed by atoms with Crippen LogP contribution in [0.5, 0.6) is 0 Å². The summed E-state index contributed by atoms with van der Waals surface area (Å²) in [5.41, 5.74) is 3.10. The highest BCUT2D eigenvalue weighted by atomic mass is 19.4. The van der Waals surface area contributed by atoms with Crippen LogP contribution in [0.15, 0.2) is 18.2 Å². The third-order valence-corrected chi connectivity index (χ3v) is 1.61. The Kier molecular flexibility index (Phi) is 3.18. The van der Waals surface area contributed by atoms with E-state index < -0.39 is 29.0 Å². The number of amides is 1. The summed E-state index contributed by atoms with van der Waals surface area (Å²) in [6.45, 7) is 0. The predicted octanol–water partition coefficient (Wildman–Crippen LogP) is 1.68. The summed E-state index contributed by atoms with van der Waals surface area (Å²) in [5, 5.41) is 0. The molecule has 0 unspecified atom stereocenters. The molecule has 1 amide bonds. The smallest absolute Gasteiger partial charge is 0.359 e. The third kappa shape index (κ3) is 2.98. The Morgan fingerprint density at radius 2 is 1.94 bits per heavy atom. The minimum absolute atomic E-state index is 0.519. The zero-order valence-electron chi connectivity index (χ0n) is 7.73. The summed E-state index contributed by atoms with van der Waals surface area (Å²) in [7, 11) is 0. The minimum atomic E-state index is -4.59. The Balaban J connectivity index is 3.21. The maximum Gasteiger partial charge on any atom is 0.416 e. The molecule has 84 valence electrons. The van der Waals surface area contributed by atoms with Crippen LogP contribution in [0.1, 0.15) is 11.1 Å². The van der Waals surface area contributed by atoms with Crippen LogP contribution in [0.3, 0.4) is 0 Å². The first kappa shape index (κ1) is 12.0. The lowest BCUT2D eigenvalue weighted by molar-refractivity contribution is -0.137. The van der Waals surface area contributed by atoms with Crippen molar-refractivity contribution in [2.75, 3.05) is 0 Å². The van der Waals surface area contributed by atoms with E-state index in [2.05, 4.69) is 5.73 Å². The lowest BCUT2D eigenvalue weighted by atomic mass is 10.1. The fourth-order valence-electron chi connectivity index (χ4n) is 0.926. The van der Waals surface area contributed by atoms with Gasteiger partial charge < -0.3 is 5.73 Å². The number of nitrogens with two attached hydrogens (primary N) is 1. The van der Waals surface area contributed by atoms with Crippen LogP contribution in [-0.2, 0) is 11.0 Å². The summed E-state index contributed by atoms with van der Waals surface area (Å²) in [6, 6.07) is 1.74. The number of halogens is 4. The molecule has 0 saturated carbocycles. The summed E-state index contributed by atoms with van der Waals surface area (Å²) in [6.07, 6.45) is -4.59. The molecular weight excluding hydrogens is 226 g/mol. The van der Waals surface area contributed by atoms with Crippen molar-refractivity contribution in [3.63, 3.8) is 0 Å². The van der Waals surface area contributed by atoms with Crippen molar-refractivity contribution in [1.82, 2.24) is 0 Å². The monoisotopic (exact) mass is 231 g/mol. The second kappa shape index (κ2) is 4.23. The number of carbonyl (C=O) groups excluding carboxylic acids is 1. The molecule has 0 aromatic heterocycles. The molecule has 2 N–H and O–H groups in total. The van der Waals surface area contributed by atoms with Crippen LogP contribution in [-0.4, -0.2) is 5.91 Å². The third-order valence-electron chi connectivity index (χ3n) is 1.61. The van der Waals surface area contributed by atoms with E-state index in [4.69, 9.17) is 0 Å².